The average molecular weight is 252 g/mol. The number of rotatable bonds is 8. The van der Waals surface area contributed by atoms with E-state index < -0.39 is 0 Å². The Labute approximate surface area is 110 Å². The van der Waals surface area contributed by atoms with Gasteiger partial charge in [0.2, 0.25) is 0 Å². The standard InChI is InChI=1S/C15H24O3/c1-12(2)10-11-14(16)13(3)8-6-5-7-9-15(17)18-4/h7,9-13H,5-6,8H2,1-4H3/b9-7+,11-10+. The van der Waals surface area contributed by atoms with Crippen LogP contribution < -0.4 is 0 Å². The number of carbonyl (C=O) groups excluding carboxylic acids is 2. The van der Waals surface area contributed by atoms with E-state index in [4.69, 9.17) is 0 Å². The molecule has 3 nitrogen and oxygen atoms in total. The van der Waals surface area contributed by atoms with Gasteiger partial charge in [0.1, 0.15) is 0 Å². The molecule has 0 aliphatic rings. The molecule has 1 unspecified atom stereocenters. The molecule has 0 heterocycles. The highest BCUT2D eigenvalue weighted by Gasteiger charge is 2.08. The van der Waals surface area contributed by atoms with Gasteiger partial charge in [0.25, 0.3) is 0 Å². The number of methoxy groups -OCH3 is 1. The van der Waals surface area contributed by atoms with Crippen LogP contribution in [0.1, 0.15) is 40.0 Å². The molecule has 0 aliphatic carbocycles. The molecule has 1 atom stereocenters. The van der Waals surface area contributed by atoms with Crippen LogP contribution >= 0.6 is 0 Å². The lowest BCUT2D eigenvalue weighted by molar-refractivity contribution is -0.134. The summed E-state index contributed by atoms with van der Waals surface area (Å²) >= 11 is 0. The number of esters is 1. The van der Waals surface area contributed by atoms with Gasteiger partial charge in [-0.05, 0) is 31.3 Å². The highest BCUT2D eigenvalue weighted by atomic mass is 16.5. The molecule has 18 heavy (non-hydrogen) atoms. The van der Waals surface area contributed by atoms with Crippen molar-refractivity contribution in [1.29, 1.82) is 0 Å². The third kappa shape index (κ3) is 8.74. The Morgan fingerprint density at radius 2 is 1.83 bits per heavy atom. The van der Waals surface area contributed by atoms with Crippen LogP contribution in [0.3, 0.4) is 0 Å². The van der Waals surface area contributed by atoms with Crippen molar-refractivity contribution in [3.63, 3.8) is 0 Å². The normalized spacial score (nSPS) is 13.4. The Balaban J connectivity index is 3.83. The number of ether oxygens (including phenoxy) is 1. The van der Waals surface area contributed by atoms with E-state index in [0.717, 1.165) is 19.3 Å². The molecule has 0 spiro atoms. The molecule has 102 valence electrons. The summed E-state index contributed by atoms with van der Waals surface area (Å²) in [5.41, 5.74) is 0. The van der Waals surface area contributed by atoms with Crippen LogP contribution in [0.5, 0.6) is 0 Å². The fraction of sp³-hybridized carbons (Fsp3) is 0.600. The molecular weight excluding hydrogens is 228 g/mol. The monoisotopic (exact) mass is 252 g/mol. The molecular formula is C15H24O3. The first-order chi connectivity index (χ1) is 8.47. The number of ketones is 1. The lowest BCUT2D eigenvalue weighted by Gasteiger charge is -2.06. The van der Waals surface area contributed by atoms with E-state index in [9.17, 15) is 9.59 Å². The van der Waals surface area contributed by atoms with Crippen molar-refractivity contribution in [3.8, 4) is 0 Å². The quantitative estimate of drug-likeness (QED) is 0.378. The highest BCUT2D eigenvalue weighted by Crippen LogP contribution is 2.10. The summed E-state index contributed by atoms with van der Waals surface area (Å²) in [5, 5.41) is 0. The zero-order chi connectivity index (χ0) is 14.0. The summed E-state index contributed by atoms with van der Waals surface area (Å²) < 4.78 is 4.48. The molecule has 0 fully saturated rings. The van der Waals surface area contributed by atoms with Gasteiger partial charge in [0, 0.05) is 12.0 Å². The van der Waals surface area contributed by atoms with Gasteiger partial charge in [0.05, 0.1) is 7.11 Å². The first-order valence-corrected chi connectivity index (χ1v) is 6.44. The fourth-order valence-corrected chi connectivity index (χ4v) is 1.38. The zero-order valence-electron chi connectivity index (χ0n) is 11.8. The van der Waals surface area contributed by atoms with Gasteiger partial charge in [-0.15, -0.1) is 0 Å². The van der Waals surface area contributed by atoms with Gasteiger partial charge in [0.15, 0.2) is 5.78 Å². The van der Waals surface area contributed by atoms with Crippen molar-refractivity contribution in [1.82, 2.24) is 0 Å². The number of hydrogen-bond acceptors (Lipinski definition) is 3. The summed E-state index contributed by atoms with van der Waals surface area (Å²) in [7, 11) is 1.36. The van der Waals surface area contributed by atoms with Crippen LogP contribution in [-0.4, -0.2) is 18.9 Å². The summed E-state index contributed by atoms with van der Waals surface area (Å²) in [6.07, 6.45) is 9.34. The van der Waals surface area contributed by atoms with E-state index in [1.807, 2.05) is 26.8 Å². The van der Waals surface area contributed by atoms with Crippen LogP contribution in [0.25, 0.3) is 0 Å². The maximum absolute atomic E-state index is 11.7. The van der Waals surface area contributed by atoms with Crippen molar-refractivity contribution in [2.24, 2.45) is 11.8 Å². The van der Waals surface area contributed by atoms with E-state index in [-0.39, 0.29) is 17.7 Å². The zero-order valence-corrected chi connectivity index (χ0v) is 11.8. The summed E-state index contributed by atoms with van der Waals surface area (Å²) in [6.45, 7) is 6.04. The minimum Gasteiger partial charge on any atom is -0.466 e. The van der Waals surface area contributed by atoms with Crippen molar-refractivity contribution in [3.05, 3.63) is 24.3 Å². The molecule has 3 heteroatoms. The van der Waals surface area contributed by atoms with Gasteiger partial charge in [-0.25, -0.2) is 4.79 Å². The highest BCUT2D eigenvalue weighted by molar-refractivity contribution is 5.91. The summed E-state index contributed by atoms with van der Waals surface area (Å²) in [5.74, 6) is 0.301. The van der Waals surface area contributed by atoms with E-state index >= 15 is 0 Å². The van der Waals surface area contributed by atoms with E-state index in [0.29, 0.717) is 5.92 Å². The van der Waals surface area contributed by atoms with Crippen LogP contribution in [0, 0.1) is 11.8 Å². The van der Waals surface area contributed by atoms with Crippen LogP contribution in [-0.2, 0) is 14.3 Å². The molecule has 0 aromatic heterocycles. The Hall–Kier alpha value is -1.38. The number of unbranched alkanes of at least 4 members (excludes halogenated alkanes) is 1. The number of hydrogen-bond donors (Lipinski definition) is 0. The Morgan fingerprint density at radius 3 is 2.39 bits per heavy atom. The van der Waals surface area contributed by atoms with Gasteiger partial charge in [-0.3, -0.25) is 4.79 Å². The molecule has 0 aromatic rings. The average Bonchev–Trinajstić information content (AvgIpc) is 2.34. The Kier molecular flexibility index (Phi) is 8.89. The van der Waals surface area contributed by atoms with Crippen LogP contribution in [0.2, 0.25) is 0 Å². The Morgan fingerprint density at radius 1 is 1.17 bits per heavy atom. The predicted octanol–water partition coefficient (Wildman–Crippen LogP) is 3.30. The molecule has 0 bridgehead atoms. The molecule has 0 N–H and O–H groups in total. The number of carbonyl (C=O) groups is 2. The topological polar surface area (TPSA) is 43.4 Å². The smallest absolute Gasteiger partial charge is 0.330 e. The fourth-order valence-electron chi connectivity index (χ4n) is 1.38. The molecule has 0 saturated heterocycles. The van der Waals surface area contributed by atoms with Crippen LogP contribution in [0.15, 0.2) is 24.3 Å². The lowest BCUT2D eigenvalue weighted by Crippen LogP contribution is -2.07. The third-order valence-electron chi connectivity index (χ3n) is 2.59. The minimum absolute atomic E-state index is 0.0477. The number of allylic oxidation sites excluding steroid dienone is 3. The summed E-state index contributed by atoms with van der Waals surface area (Å²) in [4.78, 5) is 22.5. The van der Waals surface area contributed by atoms with Gasteiger partial charge in [-0.2, -0.15) is 0 Å². The molecule has 0 radical (unpaired) electrons. The lowest BCUT2D eigenvalue weighted by atomic mass is 9.98. The van der Waals surface area contributed by atoms with E-state index in [1.165, 1.54) is 13.2 Å². The van der Waals surface area contributed by atoms with Crippen molar-refractivity contribution in [2.75, 3.05) is 7.11 Å². The Bertz CT molecular complexity index is 314. The second-order valence-electron chi connectivity index (χ2n) is 4.76. The summed E-state index contributed by atoms with van der Waals surface area (Å²) in [6, 6.07) is 0. The van der Waals surface area contributed by atoms with Crippen molar-refractivity contribution in [2.45, 2.75) is 40.0 Å². The van der Waals surface area contributed by atoms with E-state index in [1.54, 1.807) is 12.2 Å². The minimum atomic E-state index is -0.334. The molecule has 0 amide bonds. The first kappa shape index (κ1) is 16.6. The van der Waals surface area contributed by atoms with Crippen molar-refractivity contribution < 1.29 is 14.3 Å². The van der Waals surface area contributed by atoms with Gasteiger partial charge in [-0.1, -0.05) is 32.9 Å². The SMILES string of the molecule is COC(=O)/C=C/CCCC(C)C(=O)/C=C/C(C)C. The second-order valence-corrected chi connectivity index (χ2v) is 4.76. The largest absolute Gasteiger partial charge is 0.466 e. The molecule has 0 rings (SSSR count). The third-order valence-corrected chi connectivity index (χ3v) is 2.59. The molecule has 0 aromatic carbocycles. The maximum atomic E-state index is 11.7. The second kappa shape index (κ2) is 9.63. The molecule has 0 aliphatic heterocycles. The van der Waals surface area contributed by atoms with Crippen molar-refractivity contribution >= 4 is 11.8 Å². The predicted molar refractivity (Wildman–Crippen MR) is 73.2 cm³/mol. The van der Waals surface area contributed by atoms with E-state index in [2.05, 4.69) is 4.74 Å². The van der Waals surface area contributed by atoms with Crippen LogP contribution in [0.4, 0.5) is 0 Å². The van der Waals surface area contributed by atoms with Gasteiger partial charge < -0.3 is 4.74 Å². The first-order valence-electron chi connectivity index (χ1n) is 6.44. The molecule has 0 saturated carbocycles. The maximum Gasteiger partial charge on any atom is 0.330 e. The van der Waals surface area contributed by atoms with Gasteiger partial charge >= 0.3 is 5.97 Å².